The maximum atomic E-state index is 12.2. The Morgan fingerprint density at radius 1 is 1.29 bits per heavy atom. The van der Waals surface area contributed by atoms with Crippen LogP contribution in [0.1, 0.15) is 30.6 Å². The number of aromatic amines is 1. The second kappa shape index (κ2) is 9.36. The van der Waals surface area contributed by atoms with Crippen LogP contribution in [0.25, 0.3) is 11.0 Å². The molecular weight excluding hydrogens is 378 g/mol. The number of nitrogens with one attached hydrogen (secondary N) is 3. The van der Waals surface area contributed by atoms with E-state index in [4.69, 9.17) is 0 Å². The van der Waals surface area contributed by atoms with E-state index in [2.05, 4.69) is 44.5 Å². The molecule has 0 fully saturated rings. The number of anilines is 1. The summed E-state index contributed by atoms with van der Waals surface area (Å²) in [6, 6.07) is 3.11. The van der Waals surface area contributed by atoms with Crippen LogP contribution in [-0.4, -0.2) is 49.5 Å². The topological polar surface area (TPSA) is 118 Å². The van der Waals surface area contributed by atoms with E-state index in [0.29, 0.717) is 18.2 Å². The van der Waals surface area contributed by atoms with Gasteiger partial charge in [-0.25, -0.2) is 14.6 Å². The van der Waals surface area contributed by atoms with Gasteiger partial charge < -0.3 is 15.6 Å². The van der Waals surface area contributed by atoms with E-state index in [0.717, 1.165) is 35.6 Å². The number of H-pyrrole nitrogens is 1. The fraction of sp³-hybridized carbons (Fsp3) is 0.389. The molecule has 3 N–H and O–H groups in total. The zero-order valence-electron chi connectivity index (χ0n) is 15.9. The highest BCUT2D eigenvalue weighted by molar-refractivity contribution is 7.99. The Morgan fingerprint density at radius 3 is 2.89 bits per heavy atom. The lowest BCUT2D eigenvalue weighted by molar-refractivity contribution is 0.0950. The number of nitrogens with zero attached hydrogens (tertiary/aromatic N) is 4. The number of hydrogen-bond donors (Lipinski definition) is 3. The van der Waals surface area contributed by atoms with E-state index in [1.165, 1.54) is 12.3 Å². The summed E-state index contributed by atoms with van der Waals surface area (Å²) in [5.41, 5.74) is 0.393. The standard InChI is InChI=1S/C18H23N7O2S/c1-3-7-19-14-13-11-22-25(15(13)24-18(23-14)28-4-2)10-9-21-17(27)12-6-5-8-20-16(12)26/h5-6,8,11H,3-4,7,9-10H2,1-2H3,(H,20,26)(H,21,27)(H,19,23,24). The van der Waals surface area contributed by atoms with Gasteiger partial charge in [0, 0.05) is 19.3 Å². The molecule has 3 rings (SSSR count). The molecule has 0 unspecified atom stereocenters. The Labute approximate surface area is 166 Å². The first kappa shape index (κ1) is 19.9. The Hall–Kier alpha value is -2.88. The van der Waals surface area contributed by atoms with Gasteiger partial charge in [0.25, 0.3) is 11.5 Å². The van der Waals surface area contributed by atoms with Crippen molar-refractivity contribution >= 4 is 34.5 Å². The smallest absolute Gasteiger partial charge is 0.260 e. The molecule has 0 saturated heterocycles. The van der Waals surface area contributed by atoms with Gasteiger partial charge in [0.1, 0.15) is 11.4 Å². The van der Waals surface area contributed by atoms with Crippen LogP contribution in [0, 0.1) is 0 Å². The number of fused-ring (bicyclic) bond motifs is 1. The number of amides is 1. The van der Waals surface area contributed by atoms with Crippen LogP contribution >= 0.6 is 11.8 Å². The van der Waals surface area contributed by atoms with Crippen LogP contribution in [-0.2, 0) is 6.54 Å². The molecule has 0 aliphatic rings. The van der Waals surface area contributed by atoms with Crippen LogP contribution < -0.4 is 16.2 Å². The van der Waals surface area contributed by atoms with Crippen LogP contribution in [0.3, 0.4) is 0 Å². The summed E-state index contributed by atoms with van der Waals surface area (Å²) in [5.74, 6) is 1.23. The fourth-order valence-corrected chi connectivity index (χ4v) is 3.21. The van der Waals surface area contributed by atoms with Gasteiger partial charge in [-0.3, -0.25) is 9.59 Å². The van der Waals surface area contributed by atoms with Gasteiger partial charge in [-0.05, 0) is 24.3 Å². The van der Waals surface area contributed by atoms with Crippen molar-refractivity contribution < 1.29 is 4.79 Å². The van der Waals surface area contributed by atoms with Crippen molar-refractivity contribution in [3.05, 3.63) is 40.4 Å². The van der Waals surface area contributed by atoms with Crippen LogP contribution in [0.2, 0.25) is 0 Å². The molecule has 28 heavy (non-hydrogen) atoms. The molecule has 0 saturated carbocycles. The summed E-state index contributed by atoms with van der Waals surface area (Å²) in [6.07, 6.45) is 4.21. The van der Waals surface area contributed by atoms with E-state index in [9.17, 15) is 9.59 Å². The van der Waals surface area contributed by atoms with Crippen molar-refractivity contribution in [2.24, 2.45) is 0 Å². The molecule has 0 aliphatic carbocycles. The van der Waals surface area contributed by atoms with Gasteiger partial charge in [-0.1, -0.05) is 25.6 Å². The van der Waals surface area contributed by atoms with E-state index < -0.39 is 11.5 Å². The van der Waals surface area contributed by atoms with E-state index in [1.54, 1.807) is 28.7 Å². The first-order chi connectivity index (χ1) is 13.6. The van der Waals surface area contributed by atoms with Crippen molar-refractivity contribution in [2.45, 2.75) is 32.0 Å². The molecule has 10 heteroatoms. The molecule has 0 bridgehead atoms. The Balaban J connectivity index is 1.75. The Kier molecular flexibility index (Phi) is 6.64. The second-order valence-corrected chi connectivity index (χ2v) is 7.22. The maximum Gasteiger partial charge on any atom is 0.260 e. The largest absolute Gasteiger partial charge is 0.369 e. The van der Waals surface area contributed by atoms with E-state index in [-0.39, 0.29) is 5.56 Å². The second-order valence-electron chi connectivity index (χ2n) is 5.99. The molecule has 3 aromatic heterocycles. The lowest BCUT2D eigenvalue weighted by Gasteiger charge is -2.09. The van der Waals surface area contributed by atoms with E-state index >= 15 is 0 Å². The summed E-state index contributed by atoms with van der Waals surface area (Å²) in [7, 11) is 0. The van der Waals surface area contributed by atoms with Crippen LogP contribution in [0.15, 0.2) is 34.5 Å². The Morgan fingerprint density at radius 2 is 2.14 bits per heavy atom. The summed E-state index contributed by atoms with van der Waals surface area (Å²) in [6.45, 7) is 5.71. The molecule has 0 spiro atoms. The predicted octanol–water partition coefficient (Wildman–Crippen LogP) is 1.88. The highest BCUT2D eigenvalue weighted by Crippen LogP contribution is 2.24. The minimum Gasteiger partial charge on any atom is -0.369 e. The quantitative estimate of drug-likeness (QED) is 0.370. The van der Waals surface area contributed by atoms with Gasteiger partial charge in [0.05, 0.1) is 18.1 Å². The summed E-state index contributed by atoms with van der Waals surface area (Å²) < 4.78 is 1.74. The SMILES string of the molecule is CCCNc1nc(SCC)nc2c1cnn2CCNC(=O)c1ccc[nH]c1=O. The third kappa shape index (κ3) is 4.50. The first-order valence-corrected chi connectivity index (χ1v) is 10.2. The molecule has 3 aromatic rings. The number of aromatic nitrogens is 5. The molecule has 0 aromatic carbocycles. The number of thioether (sulfide) groups is 1. The number of hydrogen-bond acceptors (Lipinski definition) is 7. The van der Waals surface area contributed by atoms with Crippen molar-refractivity contribution in [1.82, 2.24) is 30.0 Å². The van der Waals surface area contributed by atoms with Crippen LogP contribution in [0.4, 0.5) is 5.82 Å². The normalized spacial score (nSPS) is 10.9. The lowest BCUT2D eigenvalue weighted by Crippen LogP contribution is -2.31. The zero-order chi connectivity index (χ0) is 19.9. The number of carbonyl (C=O) groups excluding carboxylic acids is 1. The van der Waals surface area contributed by atoms with Crippen molar-refractivity contribution in [3.8, 4) is 0 Å². The van der Waals surface area contributed by atoms with Crippen molar-refractivity contribution in [1.29, 1.82) is 0 Å². The van der Waals surface area contributed by atoms with Gasteiger partial charge in [0.2, 0.25) is 0 Å². The number of carbonyl (C=O) groups is 1. The monoisotopic (exact) mass is 401 g/mol. The van der Waals surface area contributed by atoms with Crippen molar-refractivity contribution in [3.63, 3.8) is 0 Å². The molecule has 0 aliphatic heterocycles. The third-order valence-electron chi connectivity index (χ3n) is 3.96. The molecule has 1 amide bonds. The molecule has 0 atom stereocenters. The van der Waals surface area contributed by atoms with Gasteiger partial charge >= 0.3 is 0 Å². The van der Waals surface area contributed by atoms with Gasteiger partial charge in [-0.2, -0.15) is 5.10 Å². The molecular formula is C18H23N7O2S. The summed E-state index contributed by atoms with van der Waals surface area (Å²) >= 11 is 1.57. The minimum atomic E-state index is -0.416. The molecule has 9 nitrogen and oxygen atoms in total. The summed E-state index contributed by atoms with van der Waals surface area (Å²) in [5, 5.41) is 12.0. The average molecular weight is 401 g/mol. The number of rotatable bonds is 9. The van der Waals surface area contributed by atoms with Gasteiger partial charge in [0.15, 0.2) is 10.8 Å². The highest BCUT2D eigenvalue weighted by atomic mass is 32.2. The minimum absolute atomic E-state index is 0.0860. The first-order valence-electron chi connectivity index (χ1n) is 9.20. The number of pyridine rings is 1. The summed E-state index contributed by atoms with van der Waals surface area (Å²) in [4.78, 5) is 35.5. The zero-order valence-corrected chi connectivity index (χ0v) is 16.7. The van der Waals surface area contributed by atoms with E-state index in [1.807, 2.05) is 0 Å². The van der Waals surface area contributed by atoms with Gasteiger partial charge in [-0.15, -0.1) is 0 Å². The maximum absolute atomic E-state index is 12.2. The fourth-order valence-electron chi connectivity index (χ4n) is 2.64. The van der Waals surface area contributed by atoms with Crippen LogP contribution in [0.5, 0.6) is 0 Å². The predicted molar refractivity (Wildman–Crippen MR) is 110 cm³/mol. The average Bonchev–Trinajstić information content (AvgIpc) is 3.10. The third-order valence-corrected chi connectivity index (χ3v) is 4.69. The van der Waals surface area contributed by atoms with Crippen molar-refractivity contribution in [2.75, 3.05) is 24.2 Å². The molecule has 148 valence electrons. The highest BCUT2D eigenvalue weighted by Gasteiger charge is 2.14. The Bertz CT molecular complexity index is 1010. The molecule has 0 radical (unpaired) electrons. The molecule has 3 heterocycles. The lowest BCUT2D eigenvalue weighted by atomic mass is 10.2.